The number of nitrogens with zero attached hydrogens (tertiary/aromatic N) is 3. The molecule has 1 aliphatic rings. The number of hydrogen-bond acceptors (Lipinski definition) is 6. The van der Waals surface area contributed by atoms with Gasteiger partial charge in [-0.1, -0.05) is 6.07 Å². The number of benzene rings is 2. The number of rotatable bonds is 8. The van der Waals surface area contributed by atoms with Crippen LogP contribution in [0.25, 0.3) is 11.0 Å². The minimum atomic E-state index is -3.53. The molecule has 10 heteroatoms. The van der Waals surface area contributed by atoms with E-state index in [1.807, 2.05) is 29.8 Å². The van der Waals surface area contributed by atoms with Crippen molar-refractivity contribution < 1.29 is 22.7 Å². The fourth-order valence-electron chi connectivity index (χ4n) is 3.73. The molecular formula is C23H28N4O5S. The van der Waals surface area contributed by atoms with Crippen LogP contribution in [0.2, 0.25) is 0 Å². The third kappa shape index (κ3) is 4.96. The standard InChI is InChI=1S/C23H28N4O5S/c1-26(2)33(29,30)17-5-6-19-18(15-17)25-22(27(19)3)8-9-23(28)24-11-10-16-4-7-20-21(14-16)32-13-12-31-20/h4-7,14-15H,8-13H2,1-3H3,(H,24,28). The van der Waals surface area contributed by atoms with Crippen molar-refractivity contribution in [1.29, 1.82) is 0 Å². The maximum absolute atomic E-state index is 12.4. The molecule has 0 spiro atoms. The van der Waals surface area contributed by atoms with Gasteiger partial charge in [0.25, 0.3) is 0 Å². The van der Waals surface area contributed by atoms with Gasteiger partial charge in [-0.25, -0.2) is 17.7 Å². The summed E-state index contributed by atoms with van der Waals surface area (Å²) in [5.74, 6) is 2.17. The van der Waals surface area contributed by atoms with Gasteiger partial charge in [-0.2, -0.15) is 0 Å². The molecule has 1 aromatic heterocycles. The van der Waals surface area contributed by atoms with Gasteiger partial charge in [0.15, 0.2) is 11.5 Å². The molecule has 33 heavy (non-hydrogen) atoms. The first-order chi connectivity index (χ1) is 15.8. The number of sulfonamides is 1. The Morgan fingerprint density at radius 3 is 2.61 bits per heavy atom. The highest BCUT2D eigenvalue weighted by Gasteiger charge is 2.19. The lowest BCUT2D eigenvalue weighted by molar-refractivity contribution is -0.121. The molecule has 4 rings (SSSR count). The van der Waals surface area contributed by atoms with E-state index in [4.69, 9.17) is 9.47 Å². The van der Waals surface area contributed by atoms with Gasteiger partial charge in [-0.3, -0.25) is 4.79 Å². The molecule has 2 aromatic carbocycles. The summed E-state index contributed by atoms with van der Waals surface area (Å²) in [6.07, 6.45) is 1.44. The third-order valence-electron chi connectivity index (χ3n) is 5.64. The van der Waals surface area contributed by atoms with E-state index in [0.717, 1.165) is 28.4 Å². The van der Waals surface area contributed by atoms with Crippen molar-refractivity contribution in [2.45, 2.75) is 24.2 Å². The Kier molecular flexibility index (Phi) is 6.57. The second-order valence-corrected chi connectivity index (χ2v) is 10.3. The summed E-state index contributed by atoms with van der Waals surface area (Å²) in [7, 11) is 1.33. The van der Waals surface area contributed by atoms with Crippen LogP contribution in [0.4, 0.5) is 0 Å². The molecule has 0 bridgehead atoms. The molecule has 2 heterocycles. The highest BCUT2D eigenvalue weighted by molar-refractivity contribution is 7.89. The van der Waals surface area contributed by atoms with Crippen LogP contribution in [-0.2, 0) is 34.7 Å². The van der Waals surface area contributed by atoms with Gasteiger partial charge in [0, 0.05) is 40.5 Å². The number of aromatic nitrogens is 2. The average Bonchev–Trinajstić information content (AvgIpc) is 3.12. The molecular weight excluding hydrogens is 444 g/mol. The molecule has 1 amide bonds. The number of fused-ring (bicyclic) bond motifs is 2. The Bertz CT molecular complexity index is 1280. The van der Waals surface area contributed by atoms with Crippen LogP contribution < -0.4 is 14.8 Å². The minimum absolute atomic E-state index is 0.0597. The molecule has 0 radical (unpaired) electrons. The second-order valence-electron chi connectivity index (χ2n) is 8.10. The van der Waals surface area contributed by atoms with E-state index in [1.54, 1.807) is 18.2 Å². The fraction of sp³-hybridized carbons (Fsp3) is 0.391. The van der Waals surface area contributed by atoms with E-state index in [-0.39, 0.29) is 10.8 Å². The maximum atomic E-state index is 12.4. The van der Waals surface area contributed by atoms with Crippen LogP contribution in [-0.4, -0.2) is 62.0 Å². The summed E-state index contributed by atoms with van der Waals surface area (Å²) in [5, 5.41) is 2.94. The van der Waals surface area contributed by atoms with Crippen molar-refractivity contribution in [2.75, 3.05) is 33.9 Å². The SMILES string of the molecule is CN(C)S(=O)(=O)c1ccc2c(c1)nc(CCC(=O)NCCc1ccc3c(c1)OCCO3)n2C. The average molecular weight is 473 g/mol. The highest BCUT2D eigenvalue weighted by Crippen LogP contribution is 2.30. The minimum Gasteiger partial charge on any atom is -0.486 e. The first-order valence-corrected chi connectivity index (χ1v) is 12.2. The number of amides is 1. The Morgan fingerprint density at radius 2 is 1.85 bits per heavy atom. The molecule has 1 N–H and O–H groups in total. The summed E-state index contributed by atoms with van der Waals surface area (Å²) in [6, 6.07) is 10.7. The van der Waals surface area contributed by atoms with Crippen molar-refractivity contribution in [2.24, 2.45) is 7.05 Å². The van der Waals surface area contributed by atoms with Crippen LogP contribution in [0.3, 0.4) is 0 Å². The maximum Gasteiger partial charge on any atom is 0.242 e. The summed E-state index contributed by atoms with van der Waals surface area (Å²) >= 11 is 0. The normalized spacial score (nSPS) is 13.5. The summed E-state index contributed by atoms with van der Waals surface area (Å²) in [5.41, 5.74) is 2.48. The Labute approximate surface area is 193 Å². The van der Waals surface area contributed by atoms with Gasteiger partial charge in [-0.15, -0.1) is 0 Å². The lowest BCUT2D eigenvalue weighted by Gasteiger charge is -2.18. The molecule has 1 aliphatic heterocycles. The molecule has 9 nitrogen and oxygen atoms in total. The van der Waals surface area contributed by atoms with Crippen LogP contribution >= 0.6 is 0 Å². The van der Waals surface area contributed by atoms with Gasteiger partial charge in [0.2, 0.25) is 15.9 Å². The number of carbonyl (C=O) groups is 1. The molecule has 0 saturated carbocycles. The first-order valence-electron chi connectivity index (χ1n) is 10.8. The van der Waals surface area contributed by atoms with Gasteiger partial charge >= 0.3 is 0 Å². The number of aryl methyl sites for hydroxylation is 2. The zero-order valence-electron chi connectivity index (χ0n) is 19.0. The smallest absolute Gasteiger partial charge is 0.242 e. The van der Waals surface area contributed by atoms with E-state index < -0.39 is 10.0 Å². The van der Waals surface area contributed by atoms with Gasteiger partial charge in [0.1, 0.15) is 19.0 Å². The van der Waals surface area contributed by atoms with Gasteiger partial charge < -0.3 is 19.4 Å². The molecule has 0 atom stereocenters. The number of carbonyl (C=O) groups excluding carboxylic acids is 1. The summed E-state index contributed by atoms with van der Waals surface area (Å²) in [6.45, 7) is 1.62. The topological polar surface area (TPSA) is 103 Å². The molecule has 0 saturated heterocycles. The Morgan fingerprint density at radius 1 is 1.09 bits per heavy atom. The summed E-state index contributed by atoms with van der Waals surface area (Å²) < 4.78 is 39.0. The van der Waals surface area contributed by atoms with Crippen LogP contribution in [0.5, 0.6) is 11.5 Å². The molecule has 0 fully saturated rings. The van der Waals surface area contributed by atoms with Gasteiger partial charge in [0.05, 0.1) is 15.9 Å². The number of imidazole rings is 1. The van der Waals surface area contributed by atoms with E-state index in [9.17, 15) is 13.2 Å². The Hall–Kier alpha value is -3.11. The first kappa shape index (κ1) is 23.1. The van der Waals surface area contributed by atoms with Crippen molar-refractivity contribution in [3.05, 3.63) is 47.8 Å². The molecule has 3 aromatic rings. The quantitative estimate of drug-likeness (QED) is 0.537. The van der Waals surface area contributed by atoms with Crippen molar-refractivity contribution >= 4 is 27.0 Å². The predicted octanol–water partition coefficient (Wildman–Crippen LogP) is 1.89. The lowest BCUT2D eigenvalue weighted by atomic mass is 10.1. The van der Waals surface area contributed by atoms with E-state index >= 15 is 0 Å². The monoisotopic (exact) mass is 472 g/mol. The number of nitrogens with one attached hydrogen (secondary N) is 1. The lowest BCUT2D eigenvalue weighted by Crippen LogP contribution is -2.26. The Balaban J connectivity index is 1.33. The van der Waals surface area contributed by atoms with Crippen LogP contribution in [0, 0.1) is 0 Å². The zero-order valence-corrected chi connectivity index (χ0v) is 19.8. The molecule has 0 aliphatic carbocycles. The van der Waals surface area contributed by atoms with Crippen molar-refractivity contribution in [3.8, 4) is 11.5 Å². The van der Waals surface area contributed by atoms with Crippen LogP contribution in [0.15, 0.2) is 41.3 Å². The predicted molar refractivity (Wildman–Crippen MR) is 124 cm³/mol. The van der Waals surface area contributed by atoms with Crippen molar-refractivity contribution in [1.82, 2.24) is 19.2 Å². The largest absolute Gasteiger partial charge is 0.486 e. The summed E-state index contributed by atoms with van der Waals surface area (Å²) in [4.78, 5) is 17.1. The number of ether oxygens (including phenoxy) is 2. The fourth-order valence-corrected chi connectivity index (χ4v) is 4.65. The van der Waals surface area contributed by atoms with E-state index in [1.165, 1.54) is 18.4 Å². The highest BCUT2D eigenvalue weighted by atomic mass is 32.2. The van der Waals surface area contributed by atoms with E-state index in [0.29, 0.717) is 44.5 Å². The molecule has 0 unspecified atom stereocenters. The molecule has 176 valence electrons. The number of hydrogen-bond donors (Lipinski definition) is 1. The third-order valence-corrected chi connectivity index (χ3v) is 7.45. The van der Waals surface area contributed by atoms with Gasteiger partial charge in [-0.05, 0) is 42.3 Å². The second kappa shape index (κ2) is 9.40. The zero-order chi connectivity index (χ0) is 23.6. The van der Waals surface area contributed by atoms with Crippen LogP contribution in [0.1, 0.15) is 17.8 Å². The van der Waals surface area contributed by atoms with E-state index in [2.05, 4.69) is 10.3 Å². The van der Waals surface area contributed by atoms with Crippen molar-refractivity contribution in [3.63, 3.8) is 0 Å².